The first kappa shape index (κ1) is 25.4. The first-order valence-corrected chi connectivity index (χ1v) is 12.8. The lowest BCUT2D eigenvalue weighted by Gasteiger charge is -2.32. The highest BCUT2D eigenvalue weighted by Gasteiger charge is 2.63. The number of hydrogen-bond acceptors (Lipinski definition) is 7. The van der Waals surface area contributed by atoms with Crippen molar-refractivity contribution in [1.29, 1.82) is 0 Å². The number of allylic oxidation sites excluding steroid dienone is 2. The molecule has 0 saturated carbocycles. The summed E-state index contributed by atoms with van der Waals surface area (Å²) in [6.07, 6.45) is 4.81. The molecule has 4 unspecified atom stereocenters. The highest BCUT2D eigenvalue weighted by Crippen LogP contribution is 2.47. The largest absolute Gasteiger partial charge is 0.359 e. The molecule has 0 aliphatic carbocycles. The maximum atomic E-state index is 13.9. The molecule has 0 bridgehead atoms. The van der Waals surface area contributed by atoms with Crippen LogP contribution in [0.25, 0.3) is 0 Å². The smallest absolute Gasteiger partial charge is 0.271 e. The van der Waals surface area contributed by atoms with E-state index in [1.165, 1.54) is 18.2 Å². The third kappa shape index (κ3) is 4.02. The molecule has 2 saturated heterocycles. The Kier molecular flexibility index (Phi) is 6.15. The van der Waals surface area contributed by atoms with Gasteiger partial charge in [0, 0.05) is 40.1 Å². The fourth-order valence-corrected chi connectivity index (χ4v) is 5.87. The molecule has 198 valence electrons. The fraction of sp³-hybridized carbons (Fsp3) is 0.133. The van der Waals surface area contributed by atoms with Crippen LogP contribution in [-0.2, 0) is 9.59 Å². The van der Waals surface area contributed by atoms with E-state index in [9.17, 15) is 29.3 Å². The first-order chi connectivity index (χ1) is 19.3. The van der Waals surface area contributed by atoms with Gasteiger partial charge in [0.25, 0.3) is 5.69 Å². The van der Waals surface area contributed by atoms with Crippen molar-refractivity contribution in [3.63, 3.8) is 0 Å². The molecule has 0 spiro atoms. The van der Waals surface area contributed by atoms with E-state index >= 15 is 0 Å². The predicted molar refractivity (Wildman–Crippen MR) is 146 cm³/mol. The molecule has 2 fully saturated rings. The summed E-state index contributed by atoms with van der Waals surface area (Å²) in [6.45, 7) is 0. The first-order valence-electron chi connectivity index (χ1n) is 12.5. The van der Waals surface area contributed by atoms with Crippen LogP contribution in [0.5, 0.6) is 0 Å². The minimum Gasteiger partial charge on any atom is -0.359 e. The third-order valence-electron chi connectivity index (χ3n) is 7.54. The second kappa shape index (κ2) is 9.69. The van der Waals surface area contributed by atoms with Crippen LogP contribution in [0.3, 0.4) is 0 Å². The number of nitro benzene ring substituents is 1. The molecule has 9 nitrogen and oxygen atoms in total. The Bertz CT molecular complexity index is 1650. The molecule has 4 atom stereocenters. The lowest BCUT2D eigenvalue weighted by atomic mass is 9.85. The summed E-state index contributed by atoms with van der Waals surface area (Å²) in [5, 5.41) is 11.8. The van der Waals surface area contributed by atoms with Gasteiger partial charge in [0.2, 0.25) is 11.8 Å². The van der Waals surface area contributed by atoms with E-state index < -0.39 is 40.7 Å². The van der Waals surface area contributed by atoms with Crippen LogP contribution in [-0.4, -0.2) is 45.3 Å². The zero-order valence-corrected chi connectivity index (χ0v) is 21.5. The number of imide groups is 1. The normalized spacial score (nSPS) is 23.1. The van der Waals surface area contributed by atoms with Crippen molar-refractivity contribution in [2.45, 2.75) is 12.1 Å². The monoisotopic (exact) mass is 553 g/mol. The number of non-ortho nitro benzene ring substituents is 1. The number of fused-ring (bicyclic) bond motifs is 3. The molecular formula is C30H20ClN3O6. The summed E-state index contributed by atoms with van der Waals surface area (Å²) in [7, 11) is 0. The molecule has 6 rings (SSSR count). The van der Waals surface area contributed by atoms with Gasteiger partial charge >= 0.3 is 0 Å². The Morgan fingerprint density at radius 3 is 2.25 bits per heavy atom. The highest BCUT2D eigenvalue weighted by molar-refractivity contribution is 6.30. The number of nitrogens with zero attached hydrogens (tertiary/aromatic N) is 3. The van der Waals surface area contributed by atoms with E-state index in [0.29, 0.717) is 21.7 Å². The number of carbonyl (C=O) groups excluding carboxylic acids is 4. The number of benzene rings is 3. The molecule has 3 aromatic rings. The third-order valence-corrected chi connectivity index (χ3v) is 7.79. The summed E-state index contributed by atoms with van der Waals surface area (Å²) in [6, 6.07) is 18.3. The molecule has 10 heteroatoms. The van der Waals surface area contributed by atoms with Gasteiger partial charge < -0.3 is 4.90 Å². The van der Waals surface area contributed by atoms with Gasteiger partial charge in [-0.15, -0.1) is 0 Å². The summed E-state index contributed by atoms with van der Waals surface area (Å²) in [5.74, 6) is -3.92. The molecule has 0 radical (unpaired) electrons. The predicted octanol–water partition coefficient (Wildman–Crippen LogP) is 4.63. The molecule has 3 aromatic carbocycles. The van der Waals surface area contributed by atoms with Gasteiger partial charge in [-0.3, -0.25) is 29.3 Å². The Balaban J connectivity index is 1.44. The lowest BCUT2D eigenvalue weighted by Crippen LogP contribution is -2.46. The van der Waals surface area contributed by atoms with E-state index in [1.807, 2.05) is 0 Å². The summed E-state index contributed by atoms with van der Waals surface area (Å²) < 4.78 is 0. The standard InChI is InChI=1S/C30H20ClN3O6/c31-20-11-9-18(10-12-20)28(36)26-25-24(29(37)33(30(25)38)21-7-4-8-22(16-21)34(39)40)23-15-19(13-14-32(23)26)27(35)17-5-2-1-3-6-17/h1-16,23-26H. The Morgan fingerprint density at radius 2 is 1.55 bits per heavy atom. The number of Topliss-reactive ketones (excluding diaryl/α,β-unsaturated/α-hetero) is 2. The second-order valence-electron chi connectivity index (χ2n) is 9.73. The summed E-state index contributed by atoms with van der Waals surface area (Å²) in [5.41, 5.74) is 0.883. The van der Waals surface area contributed by atoms with Crippen LogP contribution < -0.4 is 4.90 Å². The van der Waals surface area contributed by atoms with Crippen LogP contribution in [0.2, 0.25) is 5.02 Å². The lowest BCUT2D eigenvalue weighted by molar-refractivity contribution is -0.384. The molecule has 3 aliphatic rings. The van der Waals surface area contributed by atoms with Gasteiger partial charge in [-0.25, -0.2) is 4.90 Å². The molecule has 3 heterocycles. The van der Waals surface area contributed by atoms with Crippen molar-refractivity contribution < 1.29 is 24.1 Å². The summed E-state index contributed by atoms with van der Waals surface area (Å²) in [4.78, 5) is 68.2. The topological polar surface area (TPSA) is 118 Å². The van der Waals surface area contributed by atoms with Crippen LogP contribution in [0.1, 0.15) is 20.7 Å². The van der Waals surface area contributed by atoms with Crippen LogP contribution in [0.4, 0.5) is 11.4 Å². The number of ketones is 2. The molecule has 40 heavy (non-hydrogen) atoms. The Labute approximate surface area is 233 Å². The maximum Gasteiger partial charge on any atom is 0.271 e. The van der Waals surface area contributed by atoms with E-state index in [1.54, 1.807) is 77.8 Å². The van der Waals surface area contributed by atoms with Gasteiger partial charge in [0.05, 0.1) is 28.5 Å². The van der Waals surface area contributed by atoms with Crippen molar-refractivity contribution in [2.24, 2.45) is 11.8 Å². The number of hydrogen-bond donors (Lipinski definition) is 0. The number of amides is 2. The van der Waals surface area contributed by atoms with Crippen molar-refractivity contribution >= 4 is 46.4 Å². The number of halogens is 1. The van der Waals surface area contributed by atoms with E-state index in [0.717, 1.165) is 11.0 Å². The minimum absolute atomic E-state index is 0.0544. The molecule has 3 aliphatic heterocycles. The highest BCUT2D eigenvalue weighted by atomic mass is 35.5. The Hall–Kier alpha value is -4.89. The molecule has 0 N–H and O–H groups in total. The molecule has 0 aromatic heterocycles. The minimum atomic E-state index is -1.08. The quantitative estimate of drug-likeness (QED) is 0.189. The van der Waals surface area contributed by atoms with Gasteiger partial charge in [-0.1, -0.05) is 54.1 Å². The van der Waals surface area contributed by atoms with Crippen molar-refractivity contribution in [2.75, 3.05) is 4.90 Å². The van der Waals surface area contributed by atoms with Crippen molar-refractivity contribution in [3.8, 4) is 0 Å². The van der Waals surface area contributed by atoms with Gasteiger partial charge in [0.1, 0.15) is 6.04 Å². The number of rotatable bonds is 6. The van der Waals surface area contributed by atoms with Crippen LogP contribution in [0, 0.1) is 22.0 Å². The van der Waals surface area contributed by atoms with Crippen molar-refractivity contribution in [3.05, 3.63) is 129 Å². The molecule has 2 amide bonds. The van der Waals surface area contributed by atoms with E-state index in [-0.39, 0.29) is 22.9 Å². The zero-order valence-electron chi connectivity index (χ0n) is 20.7. The van der Waals surface area contributed by atoms with E-state index in [4.69, 9.17) is 11.6 Å². The fourth-order valence-electron chi connectivity index (χ4n) is 5.74. The second-order valence-corrected chi connectivity index (χ2v) is 10.2. The average Bonchev–Trinajstić information content (AvgIpc) is 3.44. The maximum absolute atomic E-state index is 13.9. The van der Waals surface area contributed by atoms with Gasteiger partial charge in [-0.05, 0) is 36.4 Å². The van der Waals surface area contributed by atoms with Crippen LogP contribution in [0.15, 0.2) is 103 Å². The number of carbonyl (C=O) groups is 4. The summed E-state index contributed by atoms with van der Waals surface area (Å²) >= 11 is 6.01. The van der Waals surface area contributed by atoms with Gasteiger partial charge in [0.15, 0.2) is 11.6 Å². The van der Waals surface area contributed by atoms with Crippen molar-refractivity contribution in [1.82, 2.24) is 4.90 Å². The SMILES string of the molecule is O=C(C1=CC2C3C(=O)N(c4cccc([N+](=O)[O-])c4)C(=O)C3C(C(=O)c3ccc(Cl)cc3)N2C=C1)c1ccccc1. The van der Waals surface area contributed by atoms with Gasteiger partial charge in [-0.2, -0.15) is 0 Å². The average molecular weight is 554 g/mol. The van der Waals surface area contributed by atoms with E-state index in [2.05, 4.69) is 0 Å². The number of nitro groups is 1. The molecular weight excluding hydrogens is 534 g/mol. The number of anilines is 1. The Morgan fingerprint density at radius 1 is 0.850 bits per heavy atom. The van der Waals surface area contributed by atoms with Crippen LogP contribution >= 0.6 is 11.6 Å². The zero-order chi connectivity index (χ0) is 28.1.